The molecule has 6 nitrogen and oxygen atoms in total. The van der Waals surface area contributed by atoms with Gasteiger partial charge in [-0.2, -0.15) is 0 Å². The molecule has 1 heterocycles. The van der Waals surface area contributed by atoms with Crippen molar-refractivity contribution in [2.75, 3.05) is 13.7 Å². The van der Waals surface area contributed by atoms with Crippen LogP contribution in [0.2, 0.25) is 0 Å². The van der Waals surface area contributed by atoms with Crippen LogP contribution in [-0.4, -0.2) is 46.4 Å². The van der Waals surface area contributed by atoms with Crippen LogP contribution >= 0.6 is 0 Å². The smallest absolute Gasteiger partial charge is 0.334 e. The van der Waals surface area contributed by atoms with Crippen molar-refractivity contribution < 1.29 is 19.5 Å². The Morgan fingerprint density at radius 2 is 1.75 bits per heavy atom. The van der Waals surface area contributed by atoms with Crippen molar-refractivity contribution in [2.45, 2.75) is 6.54 Å². The Bertz CT molecular complexity index is 625. The first-order valence-electron chi connectivity index (χ1n) is 5.86. The van der Waals surface area contributed by atoms with Crippen molar-refractivity contribution in [3.63, 3.8) is 0 Å². The fourth-order valence-corrected chi connectivity index (χ4v) is 1.77. The van der Waals surface area contributed by atoms with Crippen molar-refractivity contribution in [3.8, 4) is 11.8 Å². The maximum Gasteiger partial charge on any atom is 0.334 e. The molecule has 0 spiro atoms. The molecule has 0 atom stereocenters. The maximum atomic E-state index is 11.7. The topological polar surface area (TPSA) is 77.9 Å². The van der Waals surface area contributed by atoms with Crippen molar-refractivity contribution in [2.24, 2.45) is 0 Å². The van der Waals surface area contributed by atoms with Crippen LogP contribution in [0.1, 0.15) is 11.1 Å². The summed E-state index contributed by atoms with van der Waals surface area (Å²) in [6, 6.07) is 6.24. The molecule has 0 unspecified atom stereocenters. The van der Waals surface area contributed by atoms with Gasteiger partial charge in [-0.25, -0.2) is 4.79 Å². The van der Waals surface area contributed by atoms with Gasteiger partial charge in [0.05, 0.1) is 6.54 Å². The van der Waals surface area contributed by atoms with E-state index < -0.39 is 17.8 Å². The van der Waals surface area contributed by atoms with Crippen molar-refractivity contribution >= 4 is 17.8 Å². The van der Waals surface area contributed by atoms with Gasteiger partial charge in [0, 0.05) is 12.6 Å². The van der Waals surface area contributed by atoms with Gasteiger partial charge in [-0.1, -0.05) is 24.0 Å². The SMILES string of the molecule is CN1C(=O)C(=O)N(Cc2ccc(C#CCO)cc2)C1=O. The Labute approximate surface area is 115 Å². The Hall–Kier alpha value is -2.65. The van der Waals surface area contributed by atoms with E-state index in [1.165, 1.54) is 7.05 Å². The van der Waals surface area contributed by atoms with Crippen LogP contribution in [0.3, 0.4) is 0 Å². The van der Waals surface area contributed by atoms with Crippen LogP contribution in [0.5, 0.6) is 0 Å². The molecule has 1 fully saturated rings. The first kappa shape index (κ1) is 13.8. The van der Waals surface area contributed by atoms with Crippen LogP contribution in [0.4, 0.5) is 4.79 Å². The zero-order valence-corrected chi connectivity index (χ0v) is 10.8. The van der Waals surface area contributed by atoms with Gasteiger partial charge in [0.15, 0.2) is 0 Å². The zero-order chi connectivity index (χ0) is 14.7. The number of aliphatic hydroxyl groups excluding tert-OH is 1. The number of imide groups is 2. The highest BCUT2D eigenvalue weighted by Crippen LogP contribution is 2.14. The highest BCUT2D eigenvalue weighted by Gasteiger charge is 2.41. The molecule has 0 aromatic heterocycles. The minimum atomic E-state index is -0.819. The van der Waals surface area contributed by atoms with E-state index in [0.717, 1.165) is 15.4 Å². The van der Waals surface area contributed by atoms with Gasteiger partial charge < -0.3 is 5.11 Å². The van der Waals surface area contributed by atoms with Crippen molar-refractivity contribution in [3.05, 3.63) is 35.4 Å². The molecule has 0 bridgehead atoms. The summed E-state index contributed by atoms with van der Waals surface area (Å²) in [4.78, 5) is 36.4. The van der Waals surface area contributed by atoms with Gasteiger partial charge in [0.1, 0.15) is 6.61 Å². The number of benzene rings is 1. The molecule has 1 N–H and O–H groups in total. The lowest BCUT2D eigenvalue weighted by Gasteiger charge is -2.12. The van der Waals surface area contributed by atoms with Crippen LogP contribution in [-0.2, 0) is 16.1 Å². The minimum Gasteiger partial charge on any atom is -0.384 e. The van der Waals surface area contributed by atoms with E-state index in [2.05, 4.69) is 11.8 Å². The predicted octanol–water partition coefficient (Wildman–Crippen LogP) is -0.0490. The number of carbonyl (C=O) groups is 3. The average molecular weight is 272 g/mol. The lowest BCUT2D eigenvalue weighted by molar-refractivity contribution is -0.143. The molecule has 4 amide bonds. The fraction of sp³-hybridized carbons (Fsp3) is 0.214. The fourth-order valence-electron chi connectivity index (χ4n) is 1.77. The number of hydrogen-bond acceptors (Lipinski definition) is 4. The van der Waals surface area contributed by atoms with Crippen molar-refractivity contribution in [1.29, 1.82) is 0 Å². The number of amides is 4. The van der Waals surface area contributed by atoms with Crippen LogP contribution in [0.15, 0.2) is 24.3 Å². The van der Waals surface area contributed by atoms with E-state index in [1.54, 1.807) is 24.3 Å². The molecule has 1 aliphatic rings. The molecule has 6 heteroatoms. The third-order valence-corrected chi connectivity index (χ3v) is 2.86. The molecular weight excluding hydrogens is 260 g/mol. The molecule has 1 aliphatic heterocycles. The standard InChI is InChI=1S/C14H12N2O4/c1-15-12(18)13(19)16(14(15)20)9-11-6-4-10(5-7-11)3-2-8-17/h4-7,17H,8-9H2,1H3. The largest absolute Gasteiger partial charge is 0.384 e. The number of carbonyl (C=O) groups excluding carboxylic acids is 3. The lowest BCUT2D eigenvalue weighted by Crippen LogP contribution is -2.30. The predicted molar refractivity (Wildman–Crippen MR) is 69.1 cm³/mol. The summed E-state index contributed by atoms with van der Waals surface area (Å²) in [6.07, 6.45) is 0. The number of rotatable bonds is 2. The van der Waals surface area contributed by atoms with Gasteiger partial charge in [-0.15, -0.1) is 0 Å². The van der Waals surface area contributed by atoms with Gasteiger partial charge in [0.2, 0.25) is 0 Å². The molecule has 1 aromatic carbocycles. The Morgan fingerprint density at radius 3 is 2.25 bits per heavy atom. The summed E-state index contributed by atoms with van der Waals surface area (Å²) in [5, 5.41) is 8.59. The summed E-state index contributed by atoms with van der Waals surface area (Å²) < 4.78 is 0. The quantitative estimate of drug-likeness (QED) is 0.465. The molecule has 2 rings (SSSR count). The summed E-state index contributed by atoms with van der Waals surface area (Å²) >= 11 is 0. The third-order valence-electron chi connectivity index (χ3n) is 2.86. The molecule has 0 saturated carbocycles. The lowest BCUT2D eigenvalue weighted by atomic mass is 10.1. The van der Waals surface area contributed by atoms with Gasteiger partial charge in [0.25, 0.3) is 0 Å². The van der Waals surface area contributed by atoms with Crippen LogP contribution < -0.4 is 0 Å². The number of urea groups is 1. The van der Waals surface area contributed by atoms with Crippen LogP contribution in [0, 0.1) is 11.8 Å². The van der Waals surface area contributed by atoms with E-state index in [0.29, 0.717) is 5.56 Å². The second-order valence-electron chi connectivity index (χ2n) is 4.19. The second kappa shape index (κ2) is 5.55. The van der Waals surface area contributed by atoms with Gasteiger partial charge >= 0.3 is 17.8 Å². The summed E-state index contributed by atoms with van der Waals surface area (Å²) in [7, 11) is 1.27. The molecule has 1 saturated heterocycles. The number of hydrogen-bond donors (Lipinski definition) is 1. The minimum absolute atomic E-state index is 0.0431. The van der Waals surface area contributed by atoms with E-state index in [9.17, 15) is 14.4 Å². The van der Waals surface area contributed by atoms with E-state index in [-0.39, 0.29) is 13.2 Å². The maximum absolute atomic E-state index is 11.7. The molecule has 0 aliphatic carbocycles. The normalized spacial score (nSPS) is 14.6. The summed E-state index contributed by atoms with van der Waals surface area (Å²) in [5.74, 6) is 3.62. The number of nitrogens with zero attached hydrogens (tertiary/aromatic N) is 2. The average Bonchev–Trinajstić information content (AvgIpc) is 2.64. The first-order valence-corrected chi connectivity index (χ1v) is 5.86. The van der Waals surface area contributed by atoms with Gasteiger partial charge in [-0.05, 0) is 17.7 Å². The van der Waals surface area contributed by atoms with Gasteiger partial charge in [-0.3, -0.25) is 19.4 Å². The van der Waals surface area contributed by atoms with Crippen molar-refractivity contribution in [1.82, 2.24) is 9.80 Å². The first-order chi connectivity index (χ1) is 9.54. The summed E-state index contributed by atoms with van der Waals surface area (Å²) in [6.45, 7) is -0.172. The Balaban J connectivity index is 2.13. The molecule has 0 radical (unpaired) electrons. The zero-order valence-electron chi connectivity index (χ0n) is 10.8. The highest BCUT2D eigenvalue weighted by atomic mass is 16.2. The number of aliphatic hydroxyl groups is 1. The Morgan fingerprint density at radius 1 is 1.10 bits per heavy atom. The van der Waals surface area contributed by atoms with E-state index in [1.807, 2.05) is 0 Å². The molecular formula is C14H12N2O4. The third kappa shape index (κ3) is 2.53. The van der Waals surface area contributed by atoms with Crippen LogP contribution in [0.25, 0.3) is 0 Å². The highest BCUT2D eigenvalue weighted by molar-refractivity contribution is 6.44. The molecule has 102 valence electrons. The second-order valence-corrected chi connectivity index (χ2v) is 4.19. The molecule has 20 heavy (non-hydrogen) atoms. The molecule has 1 aromatic rings. The monoisotopic (exact) mass is 272 g/mol. The van der Waals surface area contributed by atoms with E-state index in [4.69, 9.17) is 5.11 Å². The summed E-state index contributed by atoms with van der Waals surface area (Å²) in [5.41, 5.74) is 1.43. The number of likely N-dealkylation sites (N-methyl/N-ethyl adjacent to an activating group) is 1. The Kier molecular flexibility index (Phi) is 3.82. The van der Waals surface area contributed by atoms with E-state index >= 15 is 0 Å².